The second kappa shape index (κ2) is 6.12. The molecule has 27 heavy (non-hydrogen) atoms. The van der Waals surface area contributed by atoms with Gasteiger partial charge in [-0.3, -0.25) is 0 Å². The number of hydrogen-bond donors (Lipinski definition) is 1. The Morgan fingerprint density at radius 2 is 2.07 bits per heavy atom. The summed E-state index contributed by atoms with van der Waals surface area (Å²) >= 11 is 0. The molecule has 1 aliphatic carbocycles. The van der Waals surface area contributed by atoms with Crippen molar-refractivity contribution in [2.24, 2.45) is 0 Å². The van der Waals surface area contributed by atoms with Crippen LogP contribution in [0.3, 0.4) is 0 Å². The molecule has 7 heteroatoms. The van der Waals surface area contributed by atoms with Crippen LogP contribution in [-0.2, 0) is 6.54 Å². The molecule has 2 aromatic heterocycles. The van der Waals surface area contributed by atoms with Crippen LogP contribution >= 0.6 is 0 Å². The van der Waals surface area contributed by atoms with E-state index >= 15 is 0 Å². The molecule has 3 aromatic rings. The first-order valence-electron chi connectivity index (χ1n) is 8.84. The van der Waals surface area contributed by atoms with Gasteiger partial charge >= 0.3 is 0 Å². The van der Waals surface area contributed by atoms with E-state index in [1.165, 1.54) is 12.3 Å². The van der Waals surface area contributed by atoms with E-state index in [4.69, 9.17) is 10.3 Å². The molecule has 0 amide bonds. The summed E-state index contributed by atoms with van der Waals surface area (Å²) in [7, 11) is 0. The second-order valence-electron chi connectivity index (χ2n) is 6.79. The van der Waals surface area contributed by atoms with Gasteiger partial charge in [0.25, 0.3) is 5.71 Å². The molecular weight excluding hydrogens is 345 g/mol. The molecule has 1 aliphatic heterocycles. The monoisotopic (exact) mass is 362 g/mol. The molecule has 1 aromatic carbocycles. The van der Waals surface area contributed by atoms with E-state index in [1.54, 1.807) is 18.2 Å². The third-order valence-electron chi connectivity index (χ3n) is 4.94. The highest BCUT2D eigenvalue weighted by molar-refractivity contribution is 6.11. The summed E-state index contributed by atoms with van der Waals surface area (Å²) in [5, 5.41) is 3.99. The summed E-state index contributed by atoms with van der Waals surface area (Å²) < 4.78 is 21.1. The number of nitrogens with zero attached hydrogens (tertiary/aromatic N) is 4. The van der Waals surface area contributed by atoms with Crippen LogP contribution in [0.5, 0.6) is 0 Å². The number of anilines is 1. The molecule has 0 spiro atoms. The Balaban J connectivity index is 1.54. The minimum atomic E-state index is -0.257. The zero-order chi connectivity index (χ0) is 18.4. The van der Waals surface area contributed by atoms with E-state index in [1.807, 2.05) is 22.9 Å². The Bertz CT molecular complexity index is 1080. The van der Waals surface area contributed by atoms with Gasteiger partial charge in [0, 0.05) is 17.8 Å². The summed E-state index contributed by atoms with van der Waals surface area (Å²) in [4.78, 5) is 8.99. The maximum Gasteiger partial charge on any atom is 0.258 e. The van der Waals surface area contributed by atoms with Crippen LogP contribution in [0.1, 0.15) is 41.4 Å². The third-order valence-corrected chi connectivity index (χ3v) is 4.94. The molecule has 1 saturated carbocycles. The topological polar surface area (TPSA) is 80.8 Å². The van der Waals surface area contributed by atoms with E-state index in [0.29, 0.717) is 35.4 Å². The highest BCUT2D eigenvalue weighted by Gasteiger charge is 2.37. The van der Waals surface area contributed by atoms with Crippen molar-refractivity contribution in [3.63, 3.8) is 0 Å². The van der Waals surface area contributed by atoms with Crippen LogP contribution in [-0.4, -0.2) is 25.4 Å². The zero-order valence-corrected chi connectivity index (χ0v) is 14.5. The van der Waals surface area contributed by atoms with Gasteiger partial charge in [-0.2, -0.15) is 4.58 Å². The van der Waals surface area contributed by atoms with Gasteiger partial charge < -0.3 is 10.3 Å². The lowest BCUT2D eigenvalue weighted by atomic mass is 10.1. The van der Waals surface area contributed by atoms with E-state index in [0.717, 1.165) is 29.8 Å². The van der Waals surface area contributed by atoms with E-state index in [2.05, 4.69) is 15.1 Å². The standard InChI is InChI=1S/C20H17FN5O/c21-15-4-2-1-3-13(15)11-26-17(16-7-8-27-25-16)9-18(26)20-23-10-14(12-5-6-12)19(22)24-20/h1-4,7-10,12H,5-6,11H2,(H2,22,23,24)/q+1. The smallest absolute Gasteiger partial charge is 0.258 e. The fourth-order valence-electron chi connectivity index (χ4n) is 3.30. The summed E-state index contributed by atoms with van der Waals surface area (Å²) in [5.41, 5.74) is 10.0. The van der Waals surface area contributed by atoms with Crippen LogP contribution < -0.4 is 5.73 Å². The van der Waals surface area contributed by atoms with Gasteiger partial charge in [-0.1, -0.05) is 17.3 Å². The lowest BCUT2D eigenvalue weighted by Crippen LogP contribution is -2.30. The van der Waals surface area contributed by atoms with Crippen LogP contribution in [0, 0.1) is 5.82 Å². The van der Waals surface area contributed by atoms with E-state index < -0.39 is 0 Å². The van der Waals surface area contributed by atoms with Crippen molar-refractivity contribution >= 4 is 17.2 Å². The highest BCUT2D eigenvalue weighted by atomic mass is 19.1. The number of nitrogen functional groups attached to an aromatic ring is 1. The molecule has 1 fully saturated rings. The maximum atomic E-state index is 14.2. The second-order valence-corrected chi connectivity index (χ2v) is 6.79. The van der Waals surface area contributed by atoms with Gasteiger partial charge in [-0.15, -0.1) is 0 Å². The first-order chi connectivity index (χ1) is 13.2. The molecule has 0 bridgehead atoms. The molecule has 0 radical (unpaired) electrons. The summed E-state index contributed by atoms with van der Waals surface area (Å²) in [5.74, 6) is 1.28. The molecular formula is C20H17FN5O+. The minimum absolute atomic E-state index is 0.257. The molecule has 5 rings (SSSR count). The predicted octanol–water partition coefficient (Wildman–Crippen LogP) is 3.12. The van der Waals surface area contributed by atoms with Gasteiger partial charge in [-0.05, 0) is 30.9 Å². The Kier molecular flexibility index (Phi) is 3.60. The van der Waals surface area contributed by atoms with Crippen LogP contribution in [0.2, 0.25) is 0 Å². The molecule has 3 heterocycles. The van der Waals surface area contributed by atoms with Gasteiger partial charge in [0.2, 0.25) is 11.5 Å². The van der Waals surface area contributed by atoms with Crippen molar-refractivity contribution in [1.82, 2.24) is 15.1 Å². The molecule has 6 nitrogen and oxygen atoms in total. The van der Waals surface area contributed by atoms with Crippen molar-refractivity contribution < 1.29 is 13.5 Å². The number of nitrogens with two attached hydrogens (primary N) is 1. The third kappa shape index (κ3) is 2.81. The van der Waals surface area contributed by atoms with Gasteiger partial charge in [0.15, 0.2) is 12.2 Å². The largest absolute Gasteiger partial charge is 0.383 e. The number of allylic oxidation sites excluding steroid dienone is 1. The maximum absolute atomic E-state index is 14.2. The Morgan fingerprint density at radius 3 is 2.78 bits per heavy atom. The Labute approximate surface area is 154 Å². The number of hydrogen-bond acceptors (Lipinski definition) is 5. The summed E-state index contributed by atoms with van der Waals surface area (Å²) in [6.07, 6.45) is 7.52. The Hall–Kier alpha value is -3.35. The van der Waals surface area contributed by atoms with Crippen LogP contribution in [0.4, 0.5) is 10.2 Å². The fourth-order valence-corrected chi connectivity index (χ4v) is 3.30. The normalized spacial score (nSPS) is 16.3. The molecule has 134 valence electrons. The average Bonchev–Trinajstić information content (AvgIpc) is 3.35. The number of halogens is 1. The van der Waals surface area contributed by atoms with Crippen molar-refractivity contribution in [1.29, 1.82) is 0 Å². The van der Waals surface area contributed by atoms with Crippen molar-refractivity contribution in [2.75, 3.05) is 5.73 Å². The van der Waals surface area contributed by atoms with Crippen molar-refractivity contribution in [3.05, 3.63) is 77.3 Å². The molecule has 2 N–H and O–H groups in total. The minimum Gasteiger partial charge on any atom is -0.383 e. The molecule has 0 unspecified atom stereocenters. The highest BCUT2D eigenvalue weighted by Crippen LogP contribution is 2.41. The molecule has 0 saturated heterocycles. The van der Waals surface area contributed by atoms with E-state index in [9.17, 15) is 4.39 Å². The van der Waals surface area contributed by atoms with Gasteiger partial charge in [0.05, 0.1) is 11.6 Å². The fraction of sp³-hybridized carbons (Fsp3) is 0.200. The number of benzene rings is 1. The van der Waals surface area contributed by atoms with Crippen LogP contribution in [0.25, 0.3) is 5.70 Å². The summed E-state index contributed by atoms with van der Waals surface area (Å²) in [6.45, 7) is 0.342. The zero-order valence-electron chi connectivity index (χ0n) is 14.5. The molecule has 0 atom stereocenters. The SMILES string of the molecule is Nc1nc(C2=[N+](Cc3ccccc3F)C(c3ccon3)=C2)ncc1C1CC1. The Morgan fingerprint density at radius 1 is 1.22 bits per heavy atom. The first-order valence-corrected chi connectivity index (χ1v) is 8.84. The van der Waals surface area contributed by atoms with Crippen LogP contribution in [0.15, 0.2) is 53.4 Å². The lowest BCUT2D eigenvalue weighted by molar-refractivity contribution is -0.458. The number of aromatic nitrogens is 3. The summed E-state index contributed by atoms with van der Waals surface area (Å²) in [6, 6.07) is 8.47. The predicted molar refractivity (Wildman–Crippen MR) is 97.4 cm³/mol. The van der Waals surface area contributed by atoms with Gasteiger partial charge in [-0.25, -0.2) is 14.4 Å². The lowest BCUT2D eigenvalue weighted by Gasteiger charge is -2.16. The van der Waals surface area contributed by atoms with Gasteiger partial charge in [0.1, 0.15) is 17.9 Å². The van der Waals surface area contributed by atoms with Crippen molar-refractivity contribution in [3.8, 4) is 0 Å². The van der Waals surface area contributed by atoms with E-state index in [-0.39, 0.29) is 5.82 Å². The quantitative estimate of drug-likeness (QED) is 0.706. The first kappa shape index (κ1) is 15.9. The average molecular weight is 362 g/mol. The molecule has 2 aliphatic rings. The number of rotatable bonds is 5. The van der Waals surface area contributed by atoms with Crippen molar-refractivity contribution in [2.45, 2.75) is 25.3 Å².